The van der Waals surface area contributed by atoms with Crippen LogP contribution in [-0.2, 0) is 0 Å². The third-order valence-electron chi connectivity index (χ3n) is 5.77. The summed E-state index contributed by atoms with van der Waals surface area (Å²) < 4.78 is 0. The maximum absolute atomic E-state index is 2.53. The first-order valence-electron chi connectivity index (χ1n) is 8.48. The zero-order chi connectivity index (χ0) is 16.4. The van der Waals surface area contributed by atoms with Gasteiger partial charge in [0.2, 0.25) is 0 Å². The van der Waals surface area contributed by atoms with Crippen molar-refractivity contribution in [2.75, 3.05) is 0 Å². The van der Waals surface area contributed by atoms with Crippen LogP contribution in [0.2, 0.25) is 26.2 Å². The molecule has 0 bridgehead atoms. The Morgan fingerprint density at radius 2 is 1.17 bits per heavy atom. The molecular formula is C21H24Si2. The molecule has 116 valence electrons. The highest BCUT2D eigenvalue weighted by molar-refractivity contribution is 7.12. The van der Waals surface area contributed by atoms with Gasteiger partial charge in [0.05, 0.1) is 0 Å². The quantitative estimate of drug-likeness (QED) is 0.555. The molecule has 0 amide bonds. The Bertz CT molecular complexity index is 930. The van der Waals surface area contributed by atoms with Gasteiger partial charge < -0.3 is 0 Å². The molecule has 3 aromatic carbocycles. The Morgan fingerprint density at radius 1 is 0.609 bits per heavy atom. The third-order valence-corrected chi connectivity index (χ3v) is 13.1. The first-order chi connectivity index (χ1) is 10.8. The van der Waals surface area contributed by atoms with Crippen molar-refractivity contribution in [3.8, 4) is 0 Å². The van der Waals surface area contributed by atoms with E-state index < -0.39 is 16.1 Å². The molecule has 0 saturated carbocycles. The lowest BCUT2D eigenvalue weighted by molar-refractivity contribution is 1.49. The van der Waals surface area contributed by atoms with Crippen LogP contribution in [0.15, 0.2) is 54.6 Å². The summed E-state index contributed by atoms with van der Waals surface area (Å²) in [7, 11) is -3.39. The van der Waals surface area contributed by atoms with Gasteiger partial charge in [0.25, 0.3) is 0 Å². The first-order valence-corrected chi connectivity index (χ1v) is 14.5. The maximum atomic E-state index is 2.53. The molecule has 0 aromatic heterocycles. The lowest BCUT2D eigenvalue weighted by Gasteiger charge is -2.29. The predicted molar refractivity (Wildman–Crippen MR) is 109 cm³/mol. The second kappa shape index (κ2) is 4.68. The van der Waals surface area contributed by atoms with E-state index in [1.807, 2.05) is 0 Å². The van der Waals surface area contributed by atoms with Crippen LogP contribution >= 0.6 is 0 Å². The number of hydrogen-bond acceptors (Lipinski definition) is 0. The Labute approximate surface area is 141 Å². The molecule has 0 fully saturated rings. The van der Waals surface area contributed by atoms with Crippen LogP contribution in [0, 0.1) is 6.92 Å². The fourth-order valence-electron chi connectivity index (χ4n) is 4.39. The lowest BCUT2D eigenvalue weighted by Crippen LogP contribution is -2.63. The largest absolute Gasteiger partial charge is 0.112 e. The normalized spacial score (nSPS) is 17.6. The zero-order valence-corrected chi connectivity index (χ0v) is 16.7. The molecule has 0 aliphatic carbocycles. The molecule has 0 unspecified atom stereocenters. The van der Waals surface area contributed by atoms with Crippen molar-refractivity contribution < 1.29 is 0 Å². The summed E-state index contributed by atoms with van der Waals surface area (Å²) >= 11 is 0. The molecule has 2 heteroatoms. The SMILES string of the molecule is Cc1ccc2c(c1)[Si](C)(C)c1cccc3cccc(c13)[Si]2(C)C. The molecule has 0 saturated heterocycles. The number of hydrogen-bond donors (Lipinski definition) is 0. The number of rotatable bonds is 0. The van der Waals surface area contributed by atoms with Crippen LogP contribution in [0.25, 0.3) is 10.8 Å². The van der Waals surface area contributed by atoms with Crippen molar-refractivity contribution in [2.45, 2.75) is 33.1 Å². The first kappa shape index (κ1) is 14.9. The van der Waals surface area contributed by atoms with Crippen molar-refractivity contribution in [3.63, 3.8) is 0 Å². The molecule has 23 heavy (non-hydrogen) atoms. The molecule has 1 aliphatic heterocycles. The molecule has 1 aliphatic rings. The van der Waals surface area contributed by atoms with E-state index in [2.05, 4.69) is 87.7 Å². The van der Waals surface area contributed by atoms with E-state index in [-0.39, 0.29) is 0 Å². The number of benzene rings is 3. The minimum Gasteiger partial charge on any atom is -0.0624 e. The summed E-state index contributed by atoms with van der Waals surface area (Å²) in [4.78, 5) is 0. The van der Waals surface area contributed by atoms with Crippen molar-refractivity contribution in [2.24, 2.45) is 0 Å². The summed E-state index contributed by atoms with van der Waals surface area (Å²) in [5.74, 6) is 0. The van der Waals surface area contributed by atoms with Crippen LogP contribution in [0.4, 0.5) is 0 Å². The van der Waals surface area contributed by atoms with Gasteiger partial charge in [-0.25, -0.2) is 0 Å². The van der Waals surface area contributed by atoms with E-state index in [1.165, 1.54) is 10.9 Å². The van der Waals surface area contributed by atoms with Gasteiger partial charge in [-0.2, -0.15) is 0 Å². The van der Waals surface area contributed by atoms with E-state index in [1.54, 1.807) is 26.1 Å². The van der Waals surface area contributed by atoms with Gasteiger partial charge in [-0.1, -0.05) is 96.7 Å². The predicted octanol–water partition coefficient (Wildman–Crippen LogP) is 3.11. The van der Waals surface area contributed by atoms with E-state index >= 15 is 0 Å². The number of aryl methyl sites for hydroxylation is 1. The maximum Gasteiger partial charge on any atom is 0.112 e. The smallest absolute Gasteiger partial charge is 0.0624 e. The third kappa shape index (κ3) is 1.95. The Hall–Kier alpha value is -1.65. The van der Waals surface area contributed by atoms with E-state index in [9.17, 15) is 0 Å². The highest BCUT2D eigenvalue weighted by Crippen LogP contribution is 2.21. The van der Waals surface area contributed by atoms with Crippen LogP contribution in [0.3, 0.4) is 0 Å². The second-order valence-electron chi connectivity index (χ2n) is 8.01. The van der Waals surface area contributed by atoms with Crippen LogP contribution in [0.5, 0.6) is 0 Å². The molecule has 0 spiro atoms. The standard InChI is InChI=1S/C21H24Si2/c1-15-12-13-17-20(14-15)23(4,5)19-11-7-9-16-8-6-10-18(21(16)19)22(17,2)3/h6-14H,1-5H3. The minimum absolute atomic E-state index is 1.40. The van der Waals surface area contributed by atoms with Gasteiger partial charge in [0, 0.05) is 0 Å². The highest BCUT2D eigenvalue weighted by atomic mass is 28.3. The summed E-state index contributed by atoms with van der Waals surface area (Å²) in [6.07, 6.45) is 0. The number of fused-ring (bicyclic) bond motifs is 1. The topological polar surface area (TPSA) is 0 Å². The molecule has 4 rings (SSSR count). The average molecular weight is 333 g/mol. The second-order valence-corrected chi connectivity index (χ2v) is 16.7. The van der Waals surface area contributed by atoms with Crippen LogP contribution < -0.4 is 20.7 Å². The van der Waals surface area contributed by atoms with Gasteiger partial charge in [-0.15, -0.1) is 0 Å². The molecule has 3 aromatic rings. The van der Waals surface area contributed by atoms with Crippen LogP contribution in [-0.4, -0.2) is 16.1 Å². The molecule has 0 nitrogen and oxygen atoms in total. The molecule has 0 radical (unpaired) electrons. The fraction of sp³-hybridized carbons (Fsp3) is 0.238. The molecule has 0 N–H and O–H groups in total. The van der Waals surface area contributed by atoms with Gasteiger partial charge in [0.15, 0.2) is 0 Å². The van der Waals surface area contributed by atoms with Gasteiger partial charge >= 0.3 is 0 Å². The Kier molecular flexibility index (Phi) is 3.04. The summed E-state index contributed by atoms with van der Waals surface area (Å²) in [5.41, 5.74) is 1.40. The van der Waals surface area contributed by atoms with Crippen LogP contribution in [0.1, 0.15) is 5.56 Å². The van der Waals surface area contributed by atoms with Crippen molar-refractivity contribution in [3.05, 3.63) is 60.2 Å². The fourth-order valence-corrected chi connectivity index (χ4v) is 12.4. The zero-order valence-electron chi connectivity index (χ0n) is 14.7. The molecule has 1 heterocycles. The van der Waals surface area contributed by atoms with Crippen molar-refractivity contribution >= 4 is 47.7 Å². The van der Waals surface area contributed by atoms with Crippen molar-refractivity contribution in [1.29, 1.82) is 0 Å². The van der Waals surface area contributed by atoms with Gasteiger partial charge in [-0.3, -0.25) is 0 Å². The van der Waals surface area contributed by atoms with E-state index in [0.717, 1.165) is 0 Å². The Morgan fingerprint density at radius 3 is 1.78 bits per heavy atom. The average Bonchev–Trinajstić information content (AvgIpc) is 2.57. The van der Waals surface area contributed by atoms with E-state index in [0.29, 0.717) is 0 Å². The van der Waals surface area contributed by atoms with Gasteiger partial charge in [0.1, 0.15) is 16.1 Å². The summed E-state index contributed by atoms with van der Waals surface area (Å²) in [6, 6.07) is 21.1. The highest BCUT2D eigenvalue weighted by Gasteiger charge is 2.41. The summed E-state index contributed by atoms with van der Waals surface area (Å²) in [6.45, 7) is 12.4. The molecular weight excluding hydrogens is 308 g/mol. The molecule has 0 atom stereocenters. The Balaban J connectivity index is 2.26. The lowest BCUT2D eigenvalue weighted by atomic mass is 10.1. The van der Waals surface area contributed by atoms with Gasteiger partial charge in [-0.05, 0) is 28.1 Å². The monoisotopic (exact) mass is 332 g/mol. The summed E-state index contributed by atoms with van der Waals surface area (Å²) in [5, 5.41) is 9.55. The minimum atomic E-state index is -1.70. The van der Waals surface area contributed by atoms with Crippen molar-refractivity contribution in [1.82, 2.24) is 0 Å². The van der Waals surface area contributed by atoms with E-state index in [4.69, 9.17) is 0 Å².